The average Bonchev–Trinajstić information content (AvgIpc) is 2.35. The van der Waals surface area contributed by atoms with Crippen molar-refractivity contribution >= 4 is 23.5 Å². The number of rotatable bonds is 1. The van der Waals surface area contributed by atoms with Crippen molar-refractivity contribution in [2.45, 2.75) is 18.4 Å². The van der Waals surface area contributed by atoms with Gasteiger partial charge in [-0.2, -0.15) is 0 Å². The number of aromatic nitrogens is 1. The molecule has 0 radical (unpaired) electrons. The second-order valence-corrected chi connectivity index (χ2v) is 4.95. The molecule has 102 valence electrons. The summed E-state index contributed by atoms with van der Waals surface area (Å²) in [5.74, 6) is -2.03. The normalized spacial score (nSPS) is 26.9. The number of hydrogen-bond donors (Lipinski definition) is 3. The Labute approximate surface area is 114 Å². The van der Waals surface area contributed by atoms with Crippen molar-refractivity contribution < 1.29 is 19.8 Å². The lowest BCUT2D eigenvalue weighted by atomic mass is 9.62. The van der Waals surface area contributed by atoms with E-state index in [0.717, 1.165) is 12.0 Å². The number of nitrogens with one attached hydrogen (secondary N) is 1. The highest BCUT2D eigenvalue weighted by Crippen LogP contribution is 2.46. The highest BCUT2D eigenvalue weighted by molar-refractivity contribution is 6.29. The molecule has 3 N–H and O–H groups in total. The number of pyridine rings is 1. The van der Waals surface area contributed by atoms with Crippen LogP contribution in [0, 0.1) is 5.92 Å². The maximum absolute atomic E-state index is 9.10. The molecule has 2 heterocycles. The van der Waals surface area contributed by atoms with E-state index in [2.05, 4.69) is 16.4 Å². The van der Waals surface area contributed by atoms with Crippen molar-refractivity contribution in [2.75, 3.05) is 6.54 Å². The molecule has 0 aromatic carbocycles. The van der Waals surface area contributed by atoms with Gasteiger partial charge in [0.15, 0.2) is 0 Å². The van der Waals surface area contributed by atoms with Crippen LogP contribution < -0.4 is 5.32 Å². The summed E-state index contributed by atoms with van der Waals surface area (Å²) in [7, 11) is 0. The van der Waals surface area contributed by atoms with Crippen LogP contribution in [0.2, 0.25) is 5.15 Å². The minimum atomic E-state index is -1.82. The van der Waals surface area contributed by atoms with E-state index in [1.165, 1.54) is 18.5 Å². The molecule has 0 bridgehead atoms. The number of carbonyl (C=O) groups is 2. The Balaban J connectivity index is 0.000000192. The van der Waals surface area contributed by atoms with Gasteiger partial charge in [-0.25, -0.2) is 14.6 Å². The van der Waals surface area contributed by atoms with Crippen LogP contribution in [0.5, 0.6) is 0 Å². The first-order chi connectivity index (χ1) is 8.99. The molecule has 1 saturated carbocycles. The zero-order valence-electron chi connectivity index (χ0n) is 9.91. The molecule has 3 rings (SSSR count). The third-order valence-electron chi connectivity index (χ3n) is 3.48. The lowest BCUT2D eigenvalue weighted by Crippen LogP contribution is -2.63. The van der Waals surface area contributed by atoms with Crippen molar-refractivity contribution in [3.05, 3.63) is 29.0 Å². The fourth-order valence-corrected chi connectivity index (χ4v) is 2.46. The molecule has 3 atom stereocenters. The molecule has 2 aliphatic rings. The summed E-state index contributed by atoms with van der Waals surface area (Å²) >= 11 is 5.73. The molecule has 1 aliphatic heterocycles. The molecule has 2 fully saturated rings. The molecular weight excluding hydrogens is 272 g/mol. The van der Waals surface area contributed by atoms with Gasteiger partial charge in [0.2, 0.25) is 0 Å². The van der Waals surface area contributed by atoms with E-state index in [1.54, 1.807) is 0 Å². The van der Waals surface area contributed by atoms with Gasteiger partial charge in [0.1, 0.15) is 5.15 Å². The standard InChI is InChI=1S/C10H11ClN2.C2H2O4/c11-9-2-1-6(4-12-9)8-3-7-5-13-10(7)8;3-1(4)2(5)6/h1-2,4,7-8,10,13H,3,5H2;(H,3,4)(H,5,6)/t7?,8-,10?;/m0./s1. The number of carboxylic acids is 2. The topological polar surface area (TPSA) is 99.5 Å². The van der Waals surface area contributed by atoms with Gasteiger partial charge in [-0.15, -0.1) is 0 Å². The molecule has 19 heavy (non-hydrogen) atoms. The van der Waals surface area contributed by atoms with Crippen LogP contribution in [0.25, 0.3) is 0 Å². The van der Waals surface area contributed by atoms with E-state index >= 15 is 0 Å². The van der Waals surface area contributed by atoms with Crippen LogP contribution >= 0.6 is 11.6 Å². The highest BCUT2D eigenvalue weighted by atomic mass is 35.5. The zero-order chi connectivity index (χ0) is 14.0. The Morgan fingerprint density at radius 1 is 1.32 bits per heavy atom. The van der Waals surface area contributed by atoms with E-state index < -0.39 is 11.9 Å². The van der Waals surface area contributed by atoms with Crippen molar-refractivity contribution in [1.82, 2.24) is 10.3 Å². The van der Waals surface area contributed by atoms with E-state index in [4.69, 9.17) is 31.4 Å². The van der Waals surface area contributed by atoms with E-state index in [-0.39, 0.29) is 0 Å². The minimum Gasteiger partial charge on any atom is -0.473 e. The van der Waals surface area contributed by atoms with E-state index in [1.807, 2.05) is 12.3 Å². The summed E-state index contributed by atoms with van der Waals surface area (Å²) in [5, 5.41) is 18.8. The third kappa shape index (κ3) is 3.02. The van der Waals surface area contributed by atoms with Crippen molar-refractivity contribution in [2.24, 2.45) is 5.92 Å². The predicted octanol–water partition coefficient (Wildman–Crippen LogP) is 0.966. The van der Waals surface area contributed by atoms with Crippen molar-refractivity contribution in [3.63, 3.8) is 0 Å². The molecule has 0 spiro atoms. The Kier molecular flexibility index (Phi) is 4.01. The minimum absolute atomic E-state index is 0.584. The maximum Gasteiger partial charge on any atom is 0.414 e. The second kappa shape index (κ2) is 5.54. The smallest absolute Gasteiger partial charge is 0.414 e. The van der Waals surface area contributed by atoms with Crippen LogP contribution in [0.3, 0.4) is 0 Å². The van der Waals surface area contributed by atoms with Crippen molar-refractivity contribution in [1.29, 1.82) is 0 Å². The van der Waals surface area contributed by atoms with Crippen LogP contribution in [0.15, 0.2) is 18.3 Å². The third-order valence-corrected chi connectivity index (χ3v) is 3.70. The molecule has 2 unspecified atom stereocenters. The number of carboxylic acid groups (broad SMARTS) is 2. The summed E-state index contributed by atoms with van der Waals surface area (Å²) < 4.78 is 0. The maximum atomic E-state index is 9.10. The van der Waals surface area contributed by atoms with Gasteiger partial charge < -0.3 is 15.5 Å². The van der Waals surface area contributed by atoms with Crippen LogP contribution in [-0.2, 0) is 9.59 Å². The summed E-state index contributed by atoms with van der Waals surface area (Å²) in [6, 6.07) is 4.70. The fraction of sp³-hybridized carbons (Fsp3) is 0.417. The number of fused-ring (bicyclic) bond motifs is 1. The van der Waals surface area contributed by atoms with Gasteiger partial charge in [-0.05, 0) is 30.5 Å². The Morgan fingerprint density at radius 3 is 2.32 bits per heavy atom. The molecule has 1 aromatic heterocycles. The lowest BCUT2D eigenvalue weighted by molar-refractivity contribution is -0.159. The van der Waals surface area contributed by atoms with Gasteiger partial charge in [-0.1, -0.05) is 17.7 Å². The van der Waals surface area contributed by atoms with Gasteiger partial charge >= 0.3 is 11.9 Å². The molecule has 1 aromatic rings. The predicted molar refractivity (Wildman–Crippen MR) is 67.2 cm³/mol. The first-order valence-electron chi connectivity index (χ1n) is 5.80. The SMILES string of the molecule is Clc1ccc([C@@H]2CC3CNC32)cn1.O=C(O)C(=O)O. The summed E-state index contributed by atoms with van der Waals surface area (Å²) in [6.45, 7) is 1.21. The Hall–Kier alpha value is -1.66. The zero-order valence-corrected chi connectivity index (χ0v) is 10.7. The second-order valence-electron chi connectivity index (χ2n) is 4.56. The molecule has 6 nitrogen and oxygen atoms in total. The van der Waals surface area contributed by atoms with E-state index in [0.29, 0.717) is 11.1 Å². The number of piperidine rings is 1. The quantitative estimate of drug-likeness (QED) is 0.525. The molecule has 7 heteroatoms. The molecule has 0 amide bonds. The Morgan fingerprint density at radius 2 is 2.00 bits per heavy atom. The van der Waals surface area contributed by atoms with Crippen LogP contribution in [-0.4, -0.2) is 39.7 Å². The average molecular weight is 285 g/mol. The number of hydrogen-bond acceptors (Lipinski definition) is 4. The highest BCUT2D eigenvalue weighted by Gasteiger charge is 2.47. The molecule has 1 aliphatic carbocycles. The first kappa shape index (κ1) is 13.8. The largest absolute Gasteiger partial charge is 0.473 e. The van der Waals surface area contributed by atoms with Crippen LogP contribution in [0.4, 0.5) is 0 Å². The number of nitrogens with zero attached hydrogens (tertiary/aromatic N) is 1. The van der Waals surface area contributed by atoms with Gasteiger partial charge in [-0.3, -0.25) is 0 Å². The monoisotopic (exact) mass is 284 g/mol. The fourth-order valence-electron chi connectivity index (χ4n) is 2.35. The Bertz CT molecular complexity index is 479. The molecule has 1 saturated heterocycles. The summed E-state index contributed by atoms with van der Waals surface area (Å²) in [4.78, 5) is 22.3. The molecular formula is C12H13ClN2O4. The van der Waals surface area contributed by atoms with Crippen LogP contribution in [0.1, 0.15) is 17.9 Å². The van der Waals surface area contributed by atoms with E-state index in [9.17, 15) is 0 Å². The first-order valence-corrected chi connectivity index (χ1v) is 6.18. The van der Waals surface area contributed by atoms with Crippen molar-refractivity contribution in [3.8, 4) is 0 Å². The summed E-state index contributed by atoms with van der Waals surface area (Å²) in [5.41, 5.74) is 1.33. The van der Waals surface area contributed by atoms with Gasteiger partial charge in [0.05, 0.1) is 0 Å². The summed E-state index contributed by atoms with van der Waals surface area (Å²) in [6.07, 6.45) is 3.23. The lowest BCUT2D eigenvalue weighted by Gasteiger charge is -2.54. The van der Waals surface area contributed by atoms with Gasteiger partial charge in [0.25, 0.3) is 0 Å². The number of aliphatic carboxylic acids is 2. The number of halogens is 1. The van der Waals surface area contributed by atoms with Gasteiger partial charge in [0, 0.05) is 18.2 Å².